The molecule has 2 amide bonds. The third kappa shape index (κ3) is 3.92. The third-order valence-electron chi connectivity index (χ3n) is 5.68. The molecule has 2 aromatic rings. The highest BCUT2D eigenvalue weighted by atomic mass is 16.5. The SMILES string of the molecule is COc1ccc(CCN2CC(C(=O)N3CCOc4ccccc43)CC2=O)cc1OC. The molecule has 2 aliphatic heterocycles. The van der Waals surface area contributed by atoms with Gasteiger partial charge in [-0.25, -0.2) is 0 Å². The van der Waals surface area contributed by atoms with E-state index in [-0.39, 0.29) is 24.2 Å². The second-order valence-corrected chi connectivity index (χ2v) is 7.49. The summed E-state index contributed by atoms with van der Waals surface area (Å²) in [6.45, 7) is 1.99. The van der Waals surface area contributed by atoms with Gasteiger partial charge < -0.3 is 24.0 Å². The molecule has 0 aromatic heterocycles. The van der Waals surface area contributed by atoms with Crippen molar-refractivity contribution in [3.05, 3.63) is 48.0 Å². The minimum atomic E-state index is -0.325. The summed E-state index contributed by atoms with van der Waals surface area (Å²) in [4.78, 5) is 29.2. The van der Waals surface area contributed by atoms with Gasteiger partial charge in [-0.2, -0.15) is 0 Å². The molecule has 1 atom stereocenters. The Morgan fingerprint density at radius 3 is 2.73 bits per heavy atom. The molecule has 0 bridgehead atoms. The maximum absolute atomic E-state index is 13.1. The summed E-state index contributed by atoms with van der Waals surface area (Å²) in [6.07, 6.45) is 0.942. The highest BCUT2D eigenvalue weighted by Gasteiger charge is 2.38. The van der Waals surface area contributed by atoms with Gasteiger partial charge in [-0.15, -0.1) is 0 Å². The number of methoxy groups -OCH3 is 2. The van der Waals surface area contributed by atoms with Crippen LogP contribution in [0.5, 0.6) is 17.2 Å². The number of carbonyl (C=O) groups is 2. The lowest BCUT2D eigenvalue weighted by atomic mass is 10.1. The molecule has 0 spiro atoms. The Balaban J connectivity index is 1.39. The van der Waals surface area contributed by atoms with Crippen molar-refractivity contribution in [3.8, 4) is 17.2 Å². The van der Waals surface area contributed by atoms with Gasteiger partial charge >= 0.3 is 0 Å². The van der Waals surface area contributed by atoms with Crippen LogP contribution >= 0.6 is 0 Å². The third-order valence-corrected chi connectivity index (χ3v) is 5.68. The molecule has 7 heteroatoms. The van der Waals surface area contributed by atoms with Crippen molar-refractivity contribution in [2.24, 2.45) is 5.92 Å². The highest BCUT2D eigenvalue weighted by Crippen LogP contribution is 2.33. The molecule has 0 N–H and O–H groups in total. The van der Waals surface area contributed by atoms with Crippen LogP contribution in [0, 0.1) is 5.92 Å². The van der Waals surface area contributed by atoms with Gasteiger partial charge in [-0.05, 0) is 36.2 Å². The topological polar surface area (TPSA) is 68.3 Å². The number of ether oxygens (including phenoxy) is 3. The fraction of sp³-hybridized carbons (Fsp3) is 0.391. The summed E-state index contributed by atoms with van der Waals surface area (Å²) in [7, 11) is 3.20. The molecule has 4 rings (SSSR count). The van der Waals surface area contributed by atoms with E-state index in [1.165, 1.54) is 0 Å². The zero-order valence-electron chi connectivity index (χ0n) is 17.3. The first-order chi connectivity index (χ1) is 14.6. The Hall–Kier alpha value is -3.22. The Kier molecular flexibility index (Phi) is 5.79. The fourth-order valence-electron chi connectivity index (χ4n) is 4.07. The van der Waals surface area contributed by atoms with E-state index in [2.05, 4.69) is 0 Å². The molecule has 0 saturated carbocycles. The number of likely N-dealkylation sites (tertiary alicyclic amines) is 1. The van der Waals surface area contributed by atoms with Gasteiger partial charge in [0.2, 0.25) is 11.8 Å². The van der Waals surface area contributed by atoms with Crippen molar-refractivity contribution < 1.29 is 23.8 Å². The van der Waals surface area contributed by atoms with Gasteiger partial charge in [-0.1, -0.05) is 18.2 Å². The van der Waals surface area contributed by atoms with E-state index in [1.807, 2.05) is 42.5 Å². The van der Waals surface area contributed by atoms with E-state index in [9.17, 15) is 9.59 Å². The summed E-state index contributed by atoms with van der Waals surface area (Å²) in [6, 6.07) is 13.3. The second kappa shape index (κ2) is 8.65. The van der Waals surface area contributed by atoms with Gasteiger partial charge in [0, 0.05) is 19.5 Å². The highest BCUT2D eigenvalue weighted by molar-refractivity contribution is 6.00. The molecule has 7 nitrogen and oxygen atoms in total. The predicted octanol–water partition coefficient (Wildman–Crippen LogP) is 2.52. The van der Waals surface area contributed by atoms with Gasteiger partial charge in [0.15, 0.2) is 11.5 Å². The number of hydrogen-bond acceptors (Lipinski definition) is 5. The zero-order valence-corrected chi connectivity index (χ0v) is 17.3. The molecule has 1 unspecified atom stereocenters. The summed E-state index contributed by atoms with van der Waals surface area (Å²) >= 11 is 0. The lowest BCUT2D eigenvalue weighted by Gasteiger charge is -2.31. The quantitative estimate of drug-likeness (QED) is 0.732. The largest absolute Gasteiger partial charge is 0.493 e. The maximum Gasteiger partial charge on any atom is 0.232 e. The molecule has 1 saturated heterocycles. The number of para-hydroxylation sites is 2. The van der Waals surface area contributed by atoms with Crippen molar-refractivity contribution >= 4 is 17.5 Å². The molecule has 0 radical (unpaired) electrons. The van der Waals surface area contributed by atoms with E-state index in [0.717, 1.165) is 11.3 Å². The molecule has 0 aliphatic carbocycles. The monoisotopic (exact) mass is 410 g/mol. The number of amides is 2. The van der Waals surface area contributed by atoms with E-state index in [4.69, 9.17) is 14.2 Å². The van der Waals surface area contributed by atoms with Crippen molar-refractivity contribution in [1.29, 1.82) is 0 Å². The second-order valence-electron chi connectivity index (χ2n) is 7.49. The maximum atomic E-state index is 13.1. The molecule has 2 aliphatic rings. The molecule has 2 aromatic carbocycles. The standard InChI is InChI=1S/C23H26N2O5/c1-28-20-8-7-16(13-21(20)29-2)9-10-24-15-17(14-22(24)26)23(27)25-11-12-30-19-6-4-3-5-18(19)25/h3-8,13,17H,9-12,14-15H2,1-2H3. The van der Waals surface area contributed by atoms with Crippen molar-refractivity contribution in [2.45, 2.75) is 12.8 Å². The van der Waals surface area contributed by atoms with Crippen LogP contribution < -0.4 is 19.1 Å². The van der Waals surface area contributed by atoms with Crippen molar-refractivity contribution in [2.75, 3.05) is 45.4 Å². The number of fused-ring (bicyclic) bond motifs is 1. The van der Waals surface area contributed by atoms with E-state index < -0.39 is 0 Å². The summed E-state index contributed by atoms with van der Waals surface area (Å²) in [5, 5.41) is 0. The number of anilines is 1. The molecular weight excluding hydrogens is 384 g/mol. The number of hydrogen-bond donors (Lipinski definition) is 0. The first-order valence-electron chi connectivity index (χ1n) is 10.1. The van der Waals surface area contributed by atoms with Gasteiger partial charge in [0.05, 0.1) is 32.4 Å². The molecule has 158 valence electrons. The Morgan fingerprint density at radius 2 is 1.93 bits per heavy atom. The summed E-state index contributed by atoms with van der Waals surface area (Å²) in [5.74, 6) is 1.75. The van der Waals surface area contributed by atoms with Crippen LogP contribution in [-0.2, 0) is 16.0 Å². The Morgan fingerprint density at radius 1 is 1.13 bits per heavy atom. The molecular formula is C23H26N2O5. The number of nitrogens with zero attached hydrogens (tertiary/aromatic N) is 2. The zero-order chi connectivity index (χ0) is 21.1. The fourth-order valence-corrected chi connectivity index (χ4v) is 4.07. The molecule has 2 heterocycles. The van der Waals surface area contributed by atoms with Crippen LogP contribution in [0.4, 0.5) is 5.69 Å². The van der Waals surface area contributed by atoms with Crippen LogP contribution in [0.2, 0.25) is 0 Å². The van der Waals surface area contributed by atoms with Gasteiger partial charge in [-0.3, -0.25) is 9.59 Å². The number of benzene rings is 2. The van der Waals surface area contributed by atoms with Crippen LogP contribution in [0.15, 0.2) is 42.5 Å². The average Bonchev–Trinajstić information content (AvgIpc) is 3.17. The van der Waals surface area contributed by atoms with Gasteiger partial charge in [0.1, 0.15) is 12.4 Å². The first-order valence-corrected chi connectivity index (χ1v) is 10.1. The Labute approximate surface area is 176 Å². The number of carbonyl (C=O) groups excluding carboxylic acids is 2. The lowest BCUT2D eigenvalue weighted by Crippen LogP contribution is -2.42. The Bertz CT molecular complexity index is 945. The van der Waals surface area contributed by atoms with Crippen LogP contribution in [-0.4, -0.2) is 57.2 Å². The van der Waals surface area contributed by atoms with E-state index >= 15 is 0 Å². The summed E-state index contributed by atoms with van der Waals surface area (Å²) < 4.78 is 16.3. The predicted molar refractivity (Wildman–Crippen MR) is 112 cm³/mol. The van der Waals surface area contributed by atoms with Crippen LogP contribution in [0.3, 0.4) is 0 Å². The average molecular weight is 410 g/mol. The normalized spacial score (nSPS) is 18.1. The van der Waals surface area contributed by atoms with E-state index in [0.29, 0.717) is 49.9 Å². The lowest BCUT2D eigenvalue weighted by molar-refractivity contribution is -0.128. The minimum absolute atomic E-state index is 0.00674. The van der Waals surface area contributed by atoms with Crippen molar-refractivity contribution in [1.82, 2.24) is 4.90 Å². The summed E-state index contributed by atoms with van der Waals surface area (Å²) in [5.41, 5.74) is 1.84. The molecule has 30 heavy (non-hydrogen) atoms. The van der Waals surface area contributed by atoms with Gasteiger partial charge in [0.25, 0.3) is 0 Å². The van der Waals surface area contributed by atoms with Crippen molar-refractivity contribution in [3.63, 3.8) is 0 Å². The van der Waals surface area contributed by atoms with Crippen LogP contribution in [0.1, 0.15) is 12.0 Å². The number of rotatable bonds is 6. The minimum Gasteiger partial charge on any atom is -0.493 e. The molecule has 1 fully saturated rings. The van der Waals surface area contributed by atoms with E-state index in [1.54, 1.807) is 24.0 Å². The first kappa shape index (κ1) is 20.1. The smallest absolute Gasteiger partial charge is 0.232 e. The van der Waals surface area contributed by atoms with Crippen LogP contribution in [0.25, 0.3) is 0 Å².